The third-order valence-electron chi connectivity index (χ3n) is 3.38. The first kappa shape index (κ1) is 12.3. The van der Waals surface area contributed by atoms with E-state index >= 15 is 0 Å². The van der Waals surface area contributed by atoms with E-state index in [1.807, 2.05) is 6.07 Å². The van der Waals surface area contributed by atoms with Gasteiger partial charge in [0.1, 0.15) is 11.5 Å². The predicted molar refractivity (Wildman–Crippen MR) is 71.7 cm³/mol. The lowest BCUT2D eigenvalue weighted by molar-refractivity contribution is 0.233. The van der Waals surface area contributed by atoms with E-state index in [0.717, 1.165) is 38.3 Å². The number of nitrogens with zero attached hydrogens (tertiary/aromatic N) is 3. The molecule has 1 saturated heterocycles. The van der Waals surface area contributed by atoms with Crippen LogP contribution >= 0.6 is 0 Å². The van der Waals surface area contributed by atoms with Gasteiger partial charge in [0.15, 0.2) is 0 Å². The van der Waals surface area contributed by atoms with Gasteiger partial charge in [-0.15, -0.1) is 0 Å². The van der Waals surface area contributed by atoms with Crippen molar-refractivity contribution < 1.29 is 4.39 Å². The van der Waals surface area contributed by atoms with Crippen LogP contribution in [0.1, 0.15) is 5.56 Å². The Bertz CT molecular complexity index is 532. The molecule has 0 saturated carbocycles. The summed E-state index contributed by atoms with van der Waals surface area (Å²) in [5.41, 5.74) is 1.50. The fourth-order valence-corrected chi connectivity index (χ4v) is 2.37. The Morgan fingerprint density at radius 3 is 2.79 bits per heavy atom. The Kier molecular flexibility index (Phi) is 3.57. The van der Waals surface area contributed by atoms with Crippen molar-refractivity contribution in [1.82, 2.24) is 20.0 Å². The van der Waals surface area contributed by atoms with Crippen LogP contribution in [0.4, 0.5) is 4.39 Å². The summed E-state index contributed by atoms with van der Waals surface area (Å²) in [5.74, 6) is -0.226. The molecule has 1 fully saturated rings. The molecular weight excluding hydrogens is 243 g/mol. The van der Waals surface area contributed by atoms with Crippen molar-refractivity contribution >= 4 is 0 Å². The average Bonchev–Trinajstić information content (AvgIpc) is 2.94. The number of piperazine rings is 1. The van der Waals surface area contributed by atoms with Crippen molar-refractivity contribution in [2.24, 2.45) is 0 Å². The molecule has 3 rings (SSSR count). The standard InChI is InChI=1S/C14H17FN4/c15-13-10-12(11-18-8-5-16-6-9-18)2-3-14(13)19-7-1-4-17-19/h1-4,7,10,16H,5-6,8-9,11H2. The molecule has 1 aromatic carbocycles. The zero-order chi connectivity index (χ0) is 13.1. The molecule has 0 amide bonds. The molecular formula is C14H17FN4. The number of nitrogens with one attached hydrogen (secondary N) is 1. The first-order valence-corrected chi connectivity index (χ1v) is 6.54. The fraction of sp³-hybridized carbons (Fsp3) is 0.357. The van der Waals surface area contributed by atoms with Crippen molar-refractivity contribution in [2.45, 2.75) is 6.54 Å². The minimum atomic E-state index is -0.226. The lowest BCUT2D eigenvalue weighted by atomic mass is 10.1. The van der Waals surface area contributed by atoms with E-state index in [1.54, 1.807) is 35.3 Å². The molecule has 0 unspecified atom stereocenters. The summed E-state index contributed by atoms with van der Waals surface area (Å²) in [4.78, 5) is 2.33. The van der Waals surface area contributed by atoms with Crippen LogP contribution in [-0.4, -0.2) is 40.9 Å². The second kappa shape index (κ2) is 5.50. The van der Waals surface area contributed by atoms with E-state index < -0.39 is 0 Å². The zero-order valence-electron chi connectivity index (χ0n) is 10.7. The van der Waals surface area contributed by atoms with E-state index in [2.05, 4.69) is 15.3 Å². The highest BCUT2D eigenvalue weighted by Crippen LogP contribution is 2.15. The number of halogens is 1. The molecule has 0 aliphatic carbocycles. The van der Waals surface area contributed by atoms with Crippen LogP contribution in [-0.2, 0) is 6.54 Å². The molecule has 0 bridgehead atoms. The Labute approximate surface area is 111 Å². The van der Waals surface area contributed by atoms with Gasteiger partial charge in [0.05, 0.1) is 0 Å². The van der Waals surface area contributed by atoms with Crippen molar-refractivity contribution in [1.29, 1.82) is 0 Å². The molecule has 5 heteroatoms. The highest BCUT2D eigenvalue weighted by molar-refractivity contribution is 5.35. The second-order valence-corrected chi connectivity index (χ2v) is 4.76. The van der Waals surface area contributed by atoms with Gasteiger partial charge in [0.25, 0.3) is 0 Å². The number of aromatic nitrogens is 2. The largest absolute Gasteiger partial charge is 0.314 e. The maximum atomic E-state index is 14.1. The molecule has 1 aromatic heterocycles. The number of hydrogen-bond donors (Lipinski definition) is 1. The van der Waals surface area contributed by atoms with Crippen LogP contribution in [0.15, 0.2) is 36.7 Å². The van der Waals surface area contributed by atoms with Gasteiger partial charge in [-0.2, -0.15) is 5.10 Å². The Balaban J connectivity index is 1.75. The molecule has 4 nitrogen and oxygen atoms in total. The Morgan fingerprint density at radius 2 is 2.11 bits per heavy atom. The topological polar surface area (TPSA) is 33.1 Å². The van der Waals surface area contributed by atoms with Crippen LogP contribution < -0.4 is 5.32 Å². The van der Waals surface area contributed by atoms with Crippen molar-refractivity contribution in [2.75, 3.05) is 26.2 Å². The van der Waals surface area contributed by atoms with Crippen LogP contribution in [0, 0.1) is 5.82 Å². The third kappa shape index (κ3) is 2.83. The van der Waals surface area contributed by atoms with Gasteiger partial charge in [-0.25, -0.2) is 9.07 Å². The van der Waals surface area contributed by atoms with E-state index in [0.29, 0.717) is 5.69 Å². The van der Waals surface area contributed by atoms with E-state index in [9.17, 15) is 4.39 Å². The lowest BCUT2D eigenvalue weighted by Gasteiger charge is -2.27. The van der Waals surface area contributed by atoms with Gasteiger partial charge in [0, 0.05) is 45.1 Å². The average molecular weight is 260 g/mol. The Morgan fingerprint density at radius 1 is 1.26 bits per heavy atom. The molecule has 0 spiro atoms. The molecule has 2 aromatic rings. The highest BCUT2D eigenvalue weighted by Gasteiger charge is 2.11. The van der Waals surface area contributed by atoms with Gasteiger partial charge < -0.3 is 5.32 Å². The summed E-state index contributed by atoms with van der Waals surface area (Å²) in [7, 11) is 0. The maximum Gasteiger partial charge on any atom is 0.149 e. The lowest BCUT2D eigenvalue weighted by Crippen LogP contribution is -2.42. The van der Waals surface area contributed by atoms with Crippen molar-refractivity contribution in [3.63, 3.8) is 0 Å². The summed E-state index contributed by atoms with van der Waals surface area (Å²) in [6, 6.07) is 7.16. The summed E-state index contributed by atoms with van der Waals surface area (Å²) >= 11 is 0. The first-order valence-electron chi connectivity index (χ1n) is 6.54. The highest BCUT2D eigenvalue weighted by atomic mass is 19.1. The minimum Gasteiger partial charge on any atom is -0.314 e. The van der Waals surface area contributed by atoms with Crippen molar-refractivity contribution in [3.05, 3.63) is 48.0 Å². The third-order valence-corrected chi connectivity index (χ3v) is 3.38. The first-order chi connectivity index (χ1) is 9.33. The van der Waals surface area contributed by atoms with Gasteiger partial charge in [-0.1, -0.05) is 6.07 Å². The van der Waals surface area contributed by atoms with Crippen LogP contribution in [0.25, 0.3) is 5.69 Å². The van der Waals surface area contributed by atoms with Crippen molar-refractivity contribution in [3.8, 4) is 5.69 Å². The minimum absolute atomic E-state index is 0.226. The van der Waals surface area contributed by atoms with Gasteiger partial charge in [-0.3, -0.25) is 4.90 Å². The maximum absolute atomic E-state index is 14.1. The van der Waals surface area contributed by atoms with Crippen LogP contribution in [0.5, 0.6) is 0 Å². The summed E-state index contributed by atoms with van der Waals surface area (Å²) in [5, 5.41) is 7.36. The molecule has 1 N–H and O–H groups in total. The fourth-order valence-electron chi connectivity index (χ4n) is 2.37. The molecule has 2 heterocycles. The number of rotatable bonds is 3. The molecule has 0 radical (unpaired) electrons. The van der Waals surface area contributed by atoms with E-state index in [1.165, 1.54) is 0 Å². The normalized spacial score (nSPS) is 16.7. The smallest absolute Gasteiger partial charge is 0.149 e. The number of hydrogen-bond acceptors (Lipinski definition) is 3. The van der Waals surface area contributed by atoms with Crippen LogP contribution in [0.2, 0.25) is 0 Å². The van der Waals surface area contributed by atoms with Crippen LogP contribution in [0.3, 0.4) is 0 Å². The Hall–Kier alpha value is -1.72. The van der Waals surface area contributed by atoms with Gasteiger partial charge in [0.2, 0.25) is 0 Å². The molecule has 19 heavy (non-hydrogen) atoms. The molecule has 1 aliphatic heterocycles. The van der Waals surface area contributed by atoms with E-state index in [-0.39, 0.29) is 5.82 Å². The molecule has 1 aliphatic rings. The zero-order valence-corrected chi connectivity index (χ0v) is 10.7. The predicted octanol–water partition coefficient (Wildman–Crippen LogP) is 1.42. The number of benzene rings is 1. The quantitative estimate of drug-likeness (QED) is 0.906. The molecule has 100 valence electrons. The molecule has 0 atom stereocenters. The summed E-state index contributed by atoms with van der Waals surface area (Å²) in [6.45, 7) is 4.85. The van der Waals surface area contributed by atoms with E-state index in [4.69, 9.17) is 0 Å². The summed E-state index contributed by atoms with van der Waals surface area (Å²) in [6.07, 6.45) is 3.39. The monoisotopic (exact) mass is 260 g/mol. The van der Waals surface area contributed by atoms with Gasteiger partial charge in [-0.05, 0) is 23.8 Å². The summed E-state index contributed by atoms with van der Waals surface area (Å²) < 4.78 is 15.6. The second-order valence-electron chi connectivity index (χ2n) is 4.76. The van der Waals surface area contributed by atoms with Gasteiger partial charge >= 0.3 is 0 Å². The SMILES string of the molecule is Fc1cc(CN2CCNCC2)ccc1-n1cccn1.